The molecule has 22 heavy (non-hydrogen) atoms. The third kappa shape index (κ3) is 3.15. The van der Waals surface area contributed by atoms with Crippen LogP contribution in [0.2, 0.25) is 0 Å². The van der Waals surface area contributed by atoms with Crippen LogP contribution in [0.4, 0.5) is 5.82 Å². The number of aryl methyl sites for hydroxylation is 1. The van der Waals surface area contributed by atoms with Gasteiger partial charge in [-0.25, -0.2) is 9.67 Å². The summed E-state index contributed by atoms with van der Waals surface area (Å²) in [5, 5.41) is 7.43. The predicted octanol–water partition coefficient (Wildman–Crippen LogP) is 2.36. The summed E-state index contributed by atoms with van der Waals surface area (Å²) in [4.78, 5) is 8.69. The Morgan fingerprint density at radius 3 is 2.95 bits per heavy atom. The Hall–Kier alpha value is -2.67. The molecule has 114 valence electrons. The second-order valence-corrected chi connectivity index (χ2v) is 4.81. The summed E-state index contributed by atoms with van der Waals surface area (Å²) < 4.78 is 12.6. The second-order valence-electron chi connectivity index (χ2n) is 4.81. The van der Waals surface area contributed by atoms with Crippen molar-refractivity contribution < 1.29 is 9.15 Å². The third-order valence-electron chi connectivity index (χ3n) is 3.12. The van der Waals surface area contributed by atoms with Gasteiger partial charge in [-0.05, 0) is 25.1 Å². The highest BCUT2D eigenvalue weighted by atomic mass is 16.5. The zero-order chi connectivity index (χ0) is 15.4. The SMILES string of the molecule is COCC(Nc1cncc(-n2cccn2)n1)c1ccc(C)o1. The summed E-state index contributed by atoms with van der Waals surface area (Å²) in [6.45, 7) is 2.37. The van der Waals surface area contributed by atoms with Crippen LogP contribution in [0, 0.1) is 6.92 Å². The van der Waals surface area contributed by atoms with Crippen molar-refractivity contribution in [1.82, 2.24) is 19.7 Å². The first kappa shape index (κ1) is 14.3. The lowest BCUT2D eigenvalue weighted by molar-refractivity contribution is 0.178. The highest BCUT2D eigenvalue weighted by Crippen LogP contribution is 2.21. The van der Waals surface area contributed by atoms with E-state index in [1.807, 2.05) is 31.3 Å². The molecule has 3 heterocycles. The van der Waals surface area contributed by atoms with Gasteiger partial charge >= 0.3 is 0 Å². The van der Waals surface area contributed by atoms with Crippen LogP contribution in [-0.4, -0.2) is 33.5 Å². The van der Waals surface area contributed by atoms with E-state index in [1.54, 1.807) is 30.4 Å². The van der Waals surface area contributed by atoms with Gasteiger partial charge in [-0.1, -0.05) is 0 Å². The summed E-state index contributed by atoms with van der Waals surface area (Å²) in [6.07, 6.45) is 6.82. The molecule has 7 heteroatoms. The zero-order valence-corrected chi connectivity index (χ0v) is 12.4. The number of methoxy groups -OCH3 is 1. The molecule has 1 N–H and O–H groups in total. The van der Waals surface area contributed by atoms with Crippen LogP contribution < -0.4 is 5.32 Å². The maximum absolute atomic E-state index is 5.66. The smallest absolute Gasteiger partial charge is 0.173 e. The lowest BCUT2D eigenvalue weighted by atomic mass is 10.2. The zero-order valence-electron chi connectivity index (χ0n) is 12.4. The van der Waals surface area contributed by atoms with Crippen LogP contribution in [0.15, 0.2) is 47.4 Å². The molecule has 1 unspecified atom stereocenters. The molecule has 7 nitrogen and oxygen atoms in total. The van der Waals surface area contributed by atoms with E-state index in [9.17, 15) is 0 Å². The molecule has 1 atom stereocenters. The van der Waals surface area contributed by atoms with E-state index in [-0.39, 0.29) is 6.04 Å². The summed E-state index contributed by atoms with van der Waals surface area (Å²) in [5.74, 6) is 2.92. The van der Waals surface area contributed by atoms with Crippen molar-refractivity contribution in [2.24, 2.45) is 0 Å². The van der Waals surface area contributed by atoms with Gasteiger partial charge in [0.05, 0.1) is 19.0 Å². The van der Waals surface area contributed by atoms with Crippen molar-refractivity contribution in [3.05, 3.63) is 54.5 Å². The van der Waals surface area contributed by atoms with Crippen molar-refractivity contribution in [3.8, 4) is 5.82 Å². The molecule has 0 bridgehead atoms. The number of anilines is 1. The Balaban J connectivity index is 1.82. The van der Waals surface area contributed by atoms with Crippen molar-refractivity contribution in [3.63, 3.8) is 0 Å². The molecule has 0 aliphatic rings. The molecule has 0 aliphatic carbocycles. The molecule has 0 saturated heterocycles. The van der Waals surface area contributed by atoms with Crippen molar-refractivity contribution in [2.45, 2.75) is 13.0 Å². The van der Waals surface area contributed by atoms with Crippen molar-refractivity contribution in [1.29, 1.82) is 0 Å². The average molecular weight is 299 g/mol. The summed E-state index contributed by atoms with van der Waals surface area (Å²) in [6, 6.07) is 5.55. The summed E-state index contributed by atoms with van der Waals surface area (Å²) >= 11 is 0. The van der Waals surface area contributed by atoms with Gasteiger partial charge < -0.3 is 14.5 Å². The molecule has 0 fully saturated rings. The first-order valence-corrected chi connectivity index (χ1v) is 6.90. The maximum Gasteiger partial charge on any atom is 0.173 e. The highest BCUT2D eigenvalue weighted by molar-refractivity contribution is 5.38. The first-order valence-electron chi connectivity index (χ1n) is 6.90. The minimum absolute atomic E-state index is 0.138. The molecule has 0 radical (unpaired) electrons. The van der Waals surface area contributed by atoms with Gasteiger partial charge in [0.15, 0.2) is 5.82 Å². The van der Waals surface area contributed by atoms with Crippen LogP contribution in [0.25, 0.3) is 5.82 Å². The Labute approximate surface area is 128 Å². The molecule has 0 spiro atoms. The van der Waals surface area contributed by atoms with Gasteiger partial charge in [0.1, 0.15) is 23.4 Å². The molecule has 0 aromatic carbocycles. The number of hydrogen-bond acceptors (Lipinski definition) is 6. The fraction of sp³-hybridized carbons (Fsp3) is 0.267. The standard InChI is InChI=1S/C15H17N5O2/c1-11-4-5-13(22-11)12(10-21-2)18-14-8-16-9-15(19-14)20-7-3-6-17-20/h3-9,12H,10H2,1-2H3,(H,18,19). The van der Waals surface area contributed by atoms with E-state index in [0.717, 1.165) is 11.5 Å². The molecule has 3 rings (SSSR count). The van der Waals surface area contributed by atoms with Gasteiger partial charge in [-0.15, -0.1) is 0 Å². The van der Waals surface area contributed by atoms with Crippen molar-refractivity contribution >= 4 is 5.82 Å². The number of rotatable bonds is 6. The summed E-state index contributed by atoms with van der Waals surface area (Å²) in [5.41, 5.74) is 0. The predicted molar refractivity (Wildman–Crippen MR) is 80.8 cm³/mol. The molecule has 0 amide bonds. The Bertz CT molecular complexity index is 723. The van der Waals surface area contributed by atoms with E-state index in [4.69, 9.17) is 9.15 Å². The number of ether oxygens (including phenoxy) is 1. The lowest BCUT2D eigenvalue weighted by Crippen LogP contribution is -2.17. The lowest BCUT2D eigenvalue weighted by Gasteiger charge is -2.16. The van der Waals surface area contributed by atoms with E-state index in [0.29, 0.717) is 18.2 Å². The third-order valence-corrected chi connectivity index (χ3v) is 3.12. The molecule has 0 saturated carbocycles. The van der Waals surface area contributed by atoms with E-state index in [2.05, 4.69) is 20.4 Å². The number of furan rings is 1. The average Bonchev–Trinajstić information content (AvgIpc) is 3.18. The molecular formula is C15H17N5O2. The monoisotopic (exact) mass is 299 g/mol. The van der Waals surface area contributed by atoms with Crippen molar-refractivity contribution in [2.75, 3.05) is 19.0 Å². The fourth-order valence-electron chi connectivity index (χ4n) is 2.12. The highest BCUT2D eigenvalue weighted by Gasteiger charge is 2.16. The van der Waals surface area contributed by atoms with Gasteiger partial charge in [0.25, 0.3) is 0 Å². The topological polar surface area (TPSA) is 78.0 Å². The van der Waals surface area contributed by atoms with Crippen LogP contribution in [-0.2, 0) is 4.74 Å². The Kier molecular flexibility index (Phi) is 4.15. The van der Waals surface area contributed by atoms with Gasteiger partial charge in [-0.2, -0.15) is 5.10 Å². The molecule has 3 aromatic heterocycles. The molecule has 3 aromatic rings. The Morgan fingerprint density at radius 1 is 1.36 bits per heavy atom. The van der Waals surface area contributed by atoms with E-state index < -0.39 is 0 Å². The largest absolute Gasteiger partial charge is 0.464 e. The minimum atomic E-state index is -0.138. The van der Waals surface area contributed by atoms with Crippen LogP contribution in [0.3, 0.4) is 0 Å². The molecule has 0 aliphatic heterocycles. The van der Waals surface area contributed by atoms with E-state index in [1.165, 1.54) is 0 Å². The Morgan fingerprint density at radius 2 is 2.27 bits per heavy atom. The van der Waals surface area contributed by atoms with Crippen LogP contribution in [0.1, 0.15) is 17.6 Å². The quantitative estimate of drug-likeness (QED) is 0.753. The summed E-state index contributed by atoms with van der Waals surface area (Å²) in [7, 11) is 1.65. The number of nitrogens with zero attached hydrogens (tertiary/aromatic N) is 4. The number of nitrogens with one attached hydrogen (secondary N) is 1. The normalized spacial score (nSPS) is 12.3. The second kappa shape index (κ2) is 6.40. The molecular weight excluding hydrogens is 282 g/mol. The van der Waals surface area contributed by atoms with Gasteiger partial charge in [0.2, 0.25) is 0 Å². The number of aromatic nitrogens is 4. The number of hydrogen-bond donors (Lipinski definition) is 1. The van der Waals surface area contributed by atoms with E-state index >= 15 is 0 Å². The van der Waals surface area contributed by atoms with Gasteiger partial charge in [0, 0.05) is 19.5 Å². The minimum Gasteiger partial charge on any atom is -0.464 e. The maximum atomic E-state index is 5.66. The van der Waals surface area contributed by atoms with Gasteiger partial charge in [-0.3, -0.25) is 4.98 Å². The fourth-order valence-corrected chi connectivity index (χ4v) is 2.12. The van der Waals surface area contributed by atoms with Crippen LogP contribution >= 0.6 is 0 Å². The van der Waals surface area contributed by atoms with Crippen LogP contribution in [0.5, 0.6) is 0 Å². The first-order chi connectivity index (χ1) is 10.8.